The molecule has 1 aromatic rings. The van der Waals surface area contributed by atoms with Crippen LogP contribution in [-0.4, -0.2) is 38.9 Å². The molecule has 4 aliphatic carbocycles. The average Bonchev–Trinajstić information content (AvgIpc) is 2.74. The summed E-state index contributed by atoms with van der Waals surface area (Å²) in [5, 5.41) is 22.9. The molecule has 0 aromatic heterocycles. The molecule has 0 spiro atoms. The minimum absolute atomic E-state index is 0.110. The summed E-state index contributed by atoms with van der Waals surface area (Å²) in [4.78, 5) is 54.8. The first-order valence-electron chi connectivity index (χ1n) is 13.3. The number of aromatic hydroxyl groups is 1. The number of hydrogen-bond donors (Lipinski definition) is 2. The molecule has 2 unspecified atom stereocenters. The molecule has 5 rings (SSSR count). The van der Waals surface area contributed by atoms with Crippen molar-refractivity contribution in [3.05, 3.63) is 45.5 Å². The second-order valence-electron chi connectivity index (χ2n) is 12.6. The topological polar surface area (TPSA) is 109 Å². The van der Waals surface area contributed by atoms with Crippen LogP contribution in [0.1, 0.15) is 88.7 Å². The Morgan fingerprint density at radius 1 is 1.11 bits per heavy atom. The SMILES string of the molecule is CC(=O)C1C(=O)[C@@]2(O)C(=O)C3C(=O)c4c(O)ccc(C=C5CCC5)c4C[C@@]3(C)C[C@@]2(C)C(C(C)C)=C1C. The largest absolute Gasteiger partial charge is 0.507 e. The fraction of sp³-hybridized carbons (Fsp3) is 0.548. The van der Waals surface area contributed by atoms with Gasteiger partial charge in [-0.2, -0.15) is 0 Å². The first kappa shape index (κ1) is 25.8. The van der Waals surface area contributed by atoms with Crippen molar-refractivity contribution in [2.24, 2.45) is 28.6 Å². The molecule has 37 heavy (non-hydrogen) atoms. The number of hydrogen-bond acceptors (Lipinski definition) is 6. The lowest BCUT2D eigenvalue weighted by Crippen LogP contribution is -2.73. The second-order valence-corrected chi connectivity index (χ2v) is 12.6. The van der Waals surface area contributed by atoms with Crippen molar-refractivity contribution in [2.75, 3.05) is 0 Å². The average molecular weight is 505 g/mol. The van der Waals surface area contributed by atoms with E-state index in [4.69, 9.17) is 0 Å². The van der Waals surface area contributed by atoms with Gasteiger partial charge in [-0.05, 0) is 74.5 Å². The van der Waals surface area contributed by atoms with E-state index < -0.39 is 51.4 Å². The molecule has 0 heterocycles. The molecule has 2 fully saturated rings. The second kappa shape index (κ2) is 8.07. The number of ketones is 4. The van der Waals surface area contributed by atoms with Crippen molar-refractivity contribution in [3.8, 4) is 5.75 Å². The number of phenolic OH excluding ortho intramolecular Hbond substituents is 1. The molecule has 2 saturated carbocycles. The summed E-state index contributed by atoms with van der Waals surface area (Å²) >= 11 is 0. The maximum atomic E-state index is 14.3. The lowest BCUT2D eigenvalue weighted by Gasteiger charge is -2.60. The summed E-state index contributed by atoms with van der Waals surface area (Å²) < 4.78 is 0. The predicted octanol–water partition coefficient (Wildman–Crippen LogP) is 4.79. The molecule has 1 aromatic carbocycles. The van der Waals surface area contributed by atoms with Crippen LogP contribution in [0.3, 0.4) is 0 Å². The Bertz CT molecular complexity index is 1340. The number of carbonyl (C=O) groups excluding carboxylic acids is 4. The zero-order valence-corrected chi connectivity index (χ0v) is 22.5. The van der Waals surface area contributed by atoms with E-state index in [0.717, 1.165) is 36.0 Å². The monoisotopic (exact) mass is 504 g/mol. The van der Waals surface area contributed by atoms with E-state index >= 15 is 0 Å². The first-order chi connectivity index (χ1) is 17.2. The van der Waals surface area contributed by atoms with Crippen LogP contribution in [0.4, 0.5) is 0 Å². The Balaban J connectivity index is 1.75. The third-order valence-electron chi connectivity index (χ3n) is 9.70. The predicted molar refractivity (Wildman–Crippen MR) is 139 cm³/mol. The minimum Gasteiger partial charge on any atom is -0.507 e. The van der Waals surface area contributed by atoms with Gasteiger partial charge < -0.3 is 10.2 Å². The van der Waals surface area contributed by atoms with Crippen molar-refractivity contribution in [1.82, 2.24) is 0 Å². The highest BCUT2D eigenvalue weighted by atomic mass is 16.3. The molecular formula is C31H36O6. The molecular weight excluding hydrogens is 468 g/mol. The lowest BCUT2D eigenvalue weighted by atomic mass is 9.41. The van der Waals surface area contributed by atoms with E-state index in [1.54, 1.807) is 13.8 Å². The van der Waals surface area contributed by atoms with Crippen LogP contribution in [0.2, 0.25) is 0 Å². The number of Topliss-reactive ketones (excluding diaryl/α,β-unsaturated/α-hetero) is 4. The molecule has 0 amide bonds. The highest BCUT2D eigenvalue weighted by Gasteiger charge is 2.73. The Labute approximate surface area is 217 Å². The van der Waals surface area contributed by atoms with E-state index in [1.807, 2.05) is 26.8 Å². The van der Waals surface area contributed by atoms with Gasteiger partial charge >= 0.3 is 0 Å². The Morgan fingerprint density at radius 2 is 1.76 bits per heavy atom. The van der Waals surface area contributed by atoms with Crippen LogP contribution in [0.5, 0.6) is 5.75 Å². The van der Waals surface area contributed by atoms with Gasteiger partial charge in [-0.3, -0.25) is 19.2 Å². The van der Waals surface area contributed by atoms with Gasteiger partial charge in [0, 0.05) is 5.41 Å². The maximum absolute atomic E-state index is 14.3. The summed E-state index contributed by atoms with van der Waals surface area (Å²) in [7, 11) is 0. The Kier molecular flexibility index (Phi) is 5.62. The Morgan fingerprint density at radius 3 is 2.30 bits per heavy atom. The third-order valence-corrected chi connectivity index (χ3v) is 9.70. The van der Waals surface area contributed by atoms with Gasteiger partial charge in [0.15, 0.2) is 23.0 Å². The van der Waals surface area contributed by atoms with E-state index in [1.165, 1.54) is 18.6 Å². The van der Waals surface area contributed by atoms with Crippen molar-refractivity contribution in [3.63, 3.8) is 0 Å². The van der Waals surface area contributed by atoms with E-state index in [-0.39, 0.29) is 23.7 Å². The zero-order valence-electron chi connectivity index (χ0n) is 22.5. The number of fused-ring (bicyclic) bond motifs is 3. The van der Waals surface area contributed by atoms with E-state index in [9.17, 15) is 29.4 Å². The normalized spacial score (nSPS) is 35.1. The third kappa shape index (κ3) is 3.20. The lowest BCUT2D eigenvalue weighted by molar-refractivity contribution is -0.183. The summed E-state index contributed by atoms with van der Waals surface area (Å²) in [6.45, 7) is 10.6. The maximum Gasteiger partial charge on any atom is 0.192 e. The van der Waals surface area contributed by atoms with E-state index in [2.05, 4.69) is 6.08 Å². The van der Waals surface area contributed by atoms with Gasteiger partial charge in [0.25, 0.3) is 0 Å². The fourth-order valence-corrected chi connectivity index (χ4v) is 8.24. The van der Waals surface area contributed by atoms with Crippen LogP contribution in [-0.2, 0) is 20.8 Å². The van der Waals surface area contributed by atoms with Gasteiger partial charge in [-0.25, -0.2) is 0 Å². The van der Waals surface area contributed by atoms with Crippen LogP contribution in [0, 0.1) is 28.6 Å². The van der Waals surface area contributed by atoms with Gasteiger partial charge in [0.2, 0.25) is 0 Å². The summed E-state index contributed by atoms with van der Waals surface area (Å²) in [6.07, 6.45) is 5.83. The van der Waals surface area contributed by atoms with Crippen molar-refractivity contribution < 1.29 is 29.4 Å². The van der Waals surface area contributed by atoms with Crippen LogP contribution >= 0.6 is 0 Å². The van der Waals surface area contributed by atoms with Crippen molar-refractivity contribution in [1.29, 1.82) is 0 Å². The quantitative estimate of drug-likeness (QED) is 0.453. The molecule has 2 N–H and O–H groups in total. The number of allylic oxidation sites excluding steroid dienone is 2. The highest BCUT2D eigenvalue weighted by molar-refractivity contribution is 6.27. The molecule has 4 aliphatic rings. The van der Waals surface area contributed by atoms with Crippen LogP contribution < -0.4 is 0 Å². The molecule has 5 atom stereocenters. The molecule has 6 heteroatoms. The standard InChI is InChI=1S/C31H36O6/c1-15(2)24-16(3)22(17(4)32)27(35)31(37)28(36)25-26(34)23-20(13-29(25,5)14-30(24,31)6)19(10-11-21(23)33)12-18-8-7-9-18/h10-12,15,22,25,33,37H,7-9,13-14H2,1-6H3/t22?,25?,29-,30-,31+/m0/s1. The van der Waals surface area contributed by atoms with Crippen molar-refractivity contribution >= 4 is 29.2 Å². The smallest absolute Gasteiger partial charge is 0.192 e. The Hall–Kier alpha value is -2.86. The highest BCUT2D eigenvalue weighted by Crippen LogP contribution is 2.64. The molecule has 0 radical (unpaired) electrons. The molecule has 0 saturated heterocycles. The number of benzene rings is 1. The number of aliphatic hydroxyl groups is 1. The first-order valence-corrected chi connectivity index (χ1v) is 13.3. The zero-order chi connectivity index (χ0) is 27.2. The van der Waals surface area contributed by atoms with Gasteiger partial charge in [-0.1, -0.05) is 56.6 Å². The summed E-state index contributed by atoms with van der Waals surface area (Å²) in [6, 6.07) is 3.31. The minimum atomic E-state index is -2.50. The molecule has 0 bridgehead atoms. The number of rotatable bonds is 3. The van der Waals surface area contributed by atoms with Crippen LogP contribution in [0.15, 0.2) is 28.9 Å². The molecule has 196 valence electrons. The van der Waals surface area contributed by atoms with E-state index in [0.29, 0.717) is 12.0 Å². The van der Waals surface area contributed by atoms with Gasteiger partial charge in [0.1, 0.15) is 17.5 Å². The fourth-order valence-electron chi connectivity index (χ4n) is 8.24. The molecule has 0 aliphatic heterocycles. The summed E-state index contributed by atoms with van der Waals surface area (Å²) in [5.41, 5.74) is -0.298. The number of carbonyl (C=O) groups is 4. The molecule has 6 nitrogen and oxygen atoms in total. The number of phenols is 1. The van der Waals surface area contributed by atoms with Crippen LogP contribution in [0.25, 0.3) is 6.08 Å². The summed E-state index contributed by atoms with van der Waals surface area (Å²) in [5.74, 6) is -5.49. The van der Waals surface area contributed by atoms with Gasteiger partial charge in [-0.15, -0.1) is 0 Å². The van der Waals surface area contributed by atoms with Crippen molar-refractivity contribution in [2.45, 2.75) is 79.2 Å². The van der Waals surface area contributed by atoms with Gasteiger partial charge in [0.05, 0.1) is 11.5 Å².